The Bertz CT molecular complexity index is 659. The number of hydrogen-bond acceptors (Lipinski definition) is 2. The Morgan fingerprint density at radius 3 is 2.42 bits per heavy atom. The maximum Gasteiger partial charge on any atom is 0.123 e. The second-order valence-electron chi connectivity index (χ2n) is 4.26. The topological polar surface area (TPSA) is 30.7 Å². The summed E-state index contributed by atoms with van der Waals surface area (Å²) >= 11 is 0. The molecule has 0 unspecified atom stereocenters. The molecular weight excluding hydrogens is 241 g/mol. The average Bonchev–Trinajstić information content (AvgIpc) is 2.91. The first kappa shape index (κ1) is 11.6. The van der Waals surface area contributed by atoms with Gasteiger partial charge in [0.15, 0.2) is 0 Å². The Morgan fingerprint density at radius 1 is 0.947 bits per heavy atom. The lowest BCUT2D eigenvalue weighted by molar-refractivity contribution is 0.624. The van der Waals surface area contributed by atoms with Gasteiger partial charge in [0.25, 0.3) is 0 Å². The molecule has 4 heteroatoms. The van der Waals surface area contributed by atoms with Gasteiger partial charge in [0, 0.05) is 24.2 Å². The molecule has 94 valence electrons. The molecule has 0 saturated carbocycles. The summed E-state index contributed by atoms with van der Waals surface area (Å²) in [6, 6.07) is 12.3. The fraction of sp³-hybridized carbons (Fsp3) is 0.0667. The SMILES string of the molecule is Fc1ccc(Cn2ccc(-c3ccncc3)n2)cc1. The maximum absolute atomic E-state index is 12.8. The smallest absolute Gasteiger partial charge is 0.123 e. The van der Waals surface area contributed by atoms with Crippen molar-refractivity contribution in [3.05, 3.63) is 72.4 Å². The molecule has 3 nitrogen and oxygen atoms in total. The first-order valence-electron chi connectivity index (χ1n) is 5.99. The van der Waals surface area contributed by atoms with Crippen LogP contribution in [0.2, 0.25) is 0 Å². The standard InChI is InChI=1S/C15H12FN3/c16-14-3-1-12(2-4-14)11-19-10-7-15(18-19)13-5-8-17-9-6-13/h1-10H,11H2. The van der Waals surface area contributed by atoms with Crippen LogP contribution in [0.1, 0.15) is 5.56 Å². The largest absolute Gasteiger partial charge is 0.268 e. The summed E-state index contributed by atoms with van der Waals surface area (Å²) in [7, 11) is 0. The number of halogens is 1. The summed E-state index contributed by atoms with van der Waals surface area (Å²) in [5.74, 6) is -0.221. The predicted octanol–water partition coefficient (Wildman–Crippen LogP) is 3.13. The van der Waals surface area contributed by atoms with E-state index in [-0.39, 0.29) is 5.82 Å². The van der Waals surface area contributed by atoms with Crippen molar-refractivity contribution in [3.8, 4) is 11.3 Å². The van der Waals surface area contributed by atoms with E-state index in [9.17, 15) is 4.39 Å². The number of nitrogens with zero attached hydrogens (tertiary/aromatic N) is 3. The van der Waals surface area contributed by atoms with E-state index >= 15 is 0 Å². The highest BCUT2D eigenvalue weighted by Gasteiger charge is 2.02. The quantitative estimate of drug-likeness (QED) is 0.718. The van der Waals surface area contributed by atoms with Crippen LogP contribution >= 0.6 is 0 Å². The van der Waals surface area contributed by atoms with Crippen molar-refractivity contribution in [3.63, 3.8) is 0 Å². The first-order valence-corrected chi connectivity index (χ1v) is 5.99. The van der Waals surface area contributed by atoms with E-state index in [0.29, 0.717) is 6.54 Å². The van der Waals surface area contributed by atoms with Gasteiger partial charge in [0.05, 0.1) is 12.2 Å². The van der Waals surface area contributed by atoms with Gasteiger partial charge >= 0.3 is 0 Å². The molecule has 0 aliphatic rings. The lowest BCUT2D eigenvalue weighted by Crippen LogP contribution is -2.00. The highest BCUT2D eigenvalue weighted by molar-refractivity contribution is 5.57. The van der Waals surface area contributed by atoms with Crippen LogP contribution in [0.5, 0.6) is 0 Å². The molecule has 2 heterocycles. The van der Waals surface area contributed by atoms with Crippen LogP contribution < -0.4 is 0 Å². The summed E-state index contributed by atoms with van der Waals surface area (Å²) in [5, 5.41) is 4.49. The monoisotopic (exact) mass is 253 g/mol. The van der Waals surface area contributed by atoms with Crippen LogP contribution in [0.4, 0.5) is 4.39 Å². The van der Waals surface area contributed by atoms with Crippen molar-refractivity contribution in [1.82, 2.24) is 14.8 Å². The van der Waals surface area contributed by atoms with Crippen molar-refractivity contribution < 1.29 is 4.39 Å². The molecule has 1 aromatic carbocycles. The van der Waals surface area contributed by atoms with Gasteiger partial charge in [0.1, 0.15) is 5.82 Å². The van der Waals surface area contributed by atoms with Crippen LogP contribution in [-0.2, 0) is 6.54 Å². The number of hydrogen-bond donors (Lipinski definition) is 0. The van der Waals surface area contributed by atoms with Crippen molar-refractivity contribution in [2.24, 2.45) is 0 Å². The van der Waals surface area contributed by atoms with Crippen molar-refractivity contribution in [2.45, 2.75) is 6.54 Å². The molecule has 3 rings (SSSR count). The molecule has 0 bridgehead atoms. The van der Waals surface area contributed by atoms with Gasteiger partial charge in [-0.25, -0.2) is 4.39 Å². The van der Waals surface area contributed by atoms with E-state index in [1.807, 2.05) is 29.1 Å². The lowest BCUT2D eigenvalue weighted by Gasteiger charge is -2.01. The molecule has 0 radical (unpaired) electrons. The molecule has 3 aromatic rings. The molecule has 0 saturated heterocycles. The van der Waals surface area contributed by atoms with Crippen LogP contribution in [-0.4, -0.2) is 14.8 Å². The Hall–Kier alpha value is -2.49. The first-order chi connectivity index (χ1) is 9.31. The van der Waals surface area contributed by atoms with Crippen LogP contribution in [0.25, 0.3) is 11.3 Å². The molecule has 0 aliphatic carbocycles. The van der Waals surface area contributed by atoms with E-state index in [2.05, 4.69) is 10.1 Å². The van der Waals surface area contributed by atoms with Gasteiger partial charge in [-0.1, -0.05) is 12.1 Å². The Labute approximate surface area is 110 Å². The zero-order chi connectivity index (χ0) is 13.1. The number of pyridine rings is 1. The van der Waals surface area contributed by atoms with E-state index in [1.54, 1.807) is 24.5 Å². The molecule has 0 atom stereocenters. The minimum absolute atomic E-state index is 0.221. The van der Waals surface area contributed by atoms with E-state index < -0.39 is 0 Å². The molecule has 19 heavy (non-hydrogen) atoms. The molecule has 0 aliphatic heterocycles. The minimum atomic E-state index is -0.221. The average molecular weight is 253 g/mol. The Kier molecular flexibility index (Phi) is 3.06. The molecule has 0 amide bonds. The van der Waals surface area contributed by atoms with Crippen molar-refractivity contribution in [2.75, 3.05) is 0 Å². The van der Waals surface area contributed by atoms with Crippen molar-refractivity contribution in [1.29, 1.82) is 0 Å². The van der Waals surface area contributed by atoms with Crippen LogP contribution in [0, 0.1) is 5.82 Å². The van der Waals surface area contributed by atoms with E-state index in [4.69, 9.17) is 0 Å². The number of aromatic nitrogens is 3. The van der Waals surface area contributed by atoms with Gasteiger partial charge in [0.2, 0.25) is 0 Å². The summed E-state index contributed by atoms with van der Waals surface area (Å²) in [5.41, 5.74) is 2.96. The zero-order valence-electron chi connectivity index (χ0n) is 10.2. The molecule has 0 N–H and O–H groups in total. The van der Waals surface area contributed by atoms with Gasteiger partial charge < -0.3 is 0 Å². The van der Waals surface area contributed by atoms with Gasteiger partial charge in [-0.3, -0.25) is 9.67 Å². The normalized spacial score (nSPS) is 10.6. The third-order valence-electron chi connectivity index (χ3n) is 2.87. The Morgan fingerprint density at radius 2 is 1.68 bits per heavy atom. The molecule has 0 spiro atoms. The van der Waals surface area contributed by atoms with Crippen molar-refractivity contribution >= 4 is 0 Å². The zero-order valence-corrected chi connectivity index (χ0v) is 10.2. The van der Waals surface area contributed by atoms with Crippen LogP contribution in [0.3, 0.4) is 0 Å². The van der Waals surface area contributed by atoms with Gasteiger partial charge in [-0.15, -0.1) is 0 Å². The lowest BCUT2D eigenvalue weighted by atomic mass is 10.2. The summed E-state index contributed by atoms with van der Waals surface area (Å²) in [4.78, 5) is 3.98. The highest BCUT2D eigenvalue weighted by Crippen LogP contribution is 2.15. The molecule has 2 aromatic heterocycles. The third kappa shape index (κ3) is 2.68. The summed E-state index contributed by atoms with van der Waals surface area (Å²) in [6.45, 7) is 0.630. The highest BCUT2D eigenvalue weighted by atomic mass is 19.1. The van der Waals surface area contributed by atoms with E-state index in [1.165, 1.54) is 12.1 Å². The fourth-order valence-corrected chi connectivity index (χ4v) is 1.90. The van der Waals surface area contributed by atoms with E-state index in [0.717, 1.165) is 16.8 Å². The molecule has 0 fully saturated rings. The van der Waals surface area contributed by atoms with Crippen LogP contribution in [0.15, 0.2) is 61.1 Å². The number of benzene rings is 1. The second kappa shape index (κ2) is 5.02. The fourth-order valence-electron chi connectivity index (χ4n) is 1.90. The molecular formula is C15H12FN3. The summed E-state index contributed by atoms with van der Waals surface area (Å²) in [6.07, 6.45) is 5.40. The minimum Gasteiger partial charge on any atom is -0.268 e. The van der Waals surface area contributed by atoms with Gasteiger partial charge in [-0.2, -0.15) is 5.10 Å². The van der Waals surface area contributed by atoms with Gasteiger partial charge in [-0.05, 0) is 35.9 Å². The number of rotatable bonds is 3. The summed E-state index contributed by atoms with van der Waals surface area (Å²) < 4.78 is 14.7. The maximum atomic E-state index is 12.8. The third-order valence-corrected chi connectivity index (χ3v) is 2.87. The Balaban J connectivity index is 1.80. The second-order valence-corrected chi connectivity index (χ2v) is 4.26. The predicted molar refractivity (Wildman–Crippen MR) is 71.0 cm³/mol.